The van der Waals surface area contributed by atoms with Gasteiger partial charge in [-0.1, -0.05) is 33.8 Å². The van der Waals surface area contributed by atoms with Crippen molar-refractivity contribution < 1.29 is 9.90 Å². The fourth-order valence-electron chi connectivity index (χ4n) is 1.59. The van der Waals surface area contributed by atoms with Crippen LogP contribution in [-0.2, 0) is 5.41 Å². The molecule has 88 valence electrons. The highest BCUT2D eigenvalue weighted by molar-refractivity contribution is 5.98. The van der Waals surface area contributed by atoms with Crippen molar-refractivity contribution in [1.82, 2.24) is 0 Å². The van der Waals surface area contributed by atoms with Crippen molar-refractivity contribution in [2.75, 3.05) is 0 Å². The van der Waals surface area contributed by atoms with Crippen molar-refractivity contribution in [2.45, 2.75) is 46.0 Å². The van der Waals surface area contributed by atoms with Gasteiger partial charge < -0.3 is 5.11 Å². The second kappa shape index (κ2) is 4.69. The van der Waals surface area contributed by atoms with E-state index in [0.29, 0.717) is 12.0 Å². The zero-order valence-corrected chi connectivity index (χ0v) is 10.5. The molecule has 0 spiro atoms. The second-order valence-electron chi connectivity index (χ2n) is 5.16. The lowest BCUT2D eigenvalue weighted by atomic mass is 9.85. The van der Waals surface area contributed by atoms with Crippen LogP contribution in [0.1, 0.15) is 56.5 Å². The molecule has 0 aliphatic rings. The number of carbonyl (C=O) groups excluding carboxylic acids is 1. The van der Waals surface area contributed by atoms with Gasteiger partial charge in [-0.05, 0) is 29.5 Å². The van der Waals surface area contributed by atoms with Crippen molar-refractivity contribution >= 4 is 5.78 Å². The third kappa shape index (κ3) is 2.84. The number of phenolic OH excluding ortho intramolecular Hbond substituents is 1. The smallest absolute Gasteiger partial charge is 0.166 e. The minimum absolute atomic E-state index is 0.00502. The van der Waals surface area contributed by atoms with Crippen LogP contribution in [-0.4, -0.2) is 10.9 Å². The van der Waals surface area contributed by atoms with Crippen molar-refractivity contribution in [3.63, 3.8) is 0 Å². The summed E-state index contributed by atoms with van der Waals surface area (Å²) >= 11 is 0. The Bertz CT molecular complexity index is 386. The Labute approximate surface area is 97.3 Å². The van der Waals surface area contributed by atoms with E-state index in [1.807, 2.05) is 19.1 Å². The standard InChI is InChI=1S/C14H20O2/c1-5-6-12(15)11-9-10(14(2,3)4)7-8-13(11)16/h7-9,16H,5-6H2,1-4H3. The summed E-state index contributed by atoms with van der Waals surface area (Å²) in [5.41, 5.74) is 1.52. The van der Waals surface area contributed by atoms with Crippen LogP contribution in [0.15, 0.2) is 18.2 Å². The minimum atomic E-state index is -0.00502. The number of phenols is 1. The largest absolute Gasteiger partial charge is 0.507 e. The maximum atomic E-state index is 11.8. The van der Waals surface area contributed by atoms with Gasteiger partial charge in [0.05, 0.1) is 5.56 Å². The number of aromatic hydroxyl groups is 1. The summed E-state index contributed by atoms with van der Waals surface area (Å²) in [5, 5.41) is 9.68. The predicted octanol–water partition coefficient (Wildman–Crippen LogP) is 3.67. The van der Waals surface area contributed by atoms with E-state index < -0.39 is 0 Å². The Morgan fingerprint density at radius 2 is 1.94 bits per heavy atom. The van der Waals surface area contributed by atoms with E-state index in [2.05, 4.69) is 20.8 Å². The molecule has 1 aromatic carbocycles. The van der Waals surface area contributed by atoms with Crippen LogP contribution in [0.25, 0.3) is 0 Å². The molecule has 0 aromatic heterocycles. The molecular formula is C14H20O2. The first-order chi connectivity index (χ1) is 7.36. The van der Waals surface area contributed by atoms with Crippen LogP contribution in [0.2, 0.25) is 0 Å². The minimum Gasteiger partial charge on any atom is -0.507 e. The second-order valence-corrected chi connectivity index (χ2v) is 5.16. The van der Waals surface area contributed by atoms with E-state index in [-0.39, 0.29) is 16.9 Å². The molecule has 2 nitrogen and oxygen atoms in total. The number of benzene rings is 1. The van der Waals surface area contributed by atoms with Gasteiger partial charge in [-0.3, -0.25) is 4.79 Å². The van der Waals surface area contributed by atoms with Crippen LogP contribution >= 0.6 is 0 Å². The van der Waals surface area contributed by atoms with Gasteiger partial charge in [0.1, 0.15) is 5.75 Å². The summed E-state index contributed by atoms with van der Waals surface area (Å²) in [6.45, 7) is 8.23. The summed E-state index contributed by atoms with van der Waals surface area (Å²) in [4.78, 5) is 11.8. The topological polar surface area (TPSA) is 37.3 Å². The molecule has 0 saturated carbocycles. The molecule has 0 amide bonds. The predicted molar refractivity (Wildman–Crippen MR) is 66.0 cm³/mol. The normalized spacial score (nSPS) is 11.5. The molecule has 0 heterocycles. The molecule has 0 aliphatic carbocycles. The molecule has 0 fully saturated rings. The van der Waals surface area contributed by atoms with Gasteiger partial charge in [-0.15, -0.1) is 0 Å². The average molecular weight is 220 g/mol. The third-order valence-corrected chi connectivity index (χ3v) is 2.64. The molecule has 0 atom stereocenters. The van der Waals surface area contributed by atoms with E-state index >= 15 is 0 Å². The van der Waals surface area contributed by atoms with Crippen molar-refractivity contribution in [3.05, 3.63) is 29.3 Å². The fraction of sp³-hybridized carbons (Fsp3) is 0.500. The summed E-state index contributed by atoms with van der Waals surface area (Å²) in [7, 11) is 0. The summed E-state index contributed by atoms with van der Waals surface area (Å²) in [6.07, 6.45) is 1.29. The molecule has 0 saturated heterocycles. The van der Waals surface area contributed by atoms with Crippen molar-refractivity contribution in [1.29, 1.82) is 0 Å². The maximum absolute atomic E-state index is 11.8. The van der Waals surface area contributed by atoms with Gasteiger partial charge in [-0.25, -0.2) is 0 Å². The summed E-state index contributed by atoms with van der Waals surface area (Å²) < 4.78 is 0. The molecule has 2 heteroatoms. The molecule has 1 aromatic rings. The lowest BCUT2D eigenvalue weighted by Crippen LogP contribution is -2.12. The lowest BCUT2D eigenvalue weighted by Gasteiger charge is -2.20. The Morgan fingerprint density at radius 3 is 2.44 bits per heavy atom. The van der Waals surface area contributed by atoms with Crippen molar-refractivity contribution in [2.24, 2.45) is 0 Å². The summed E-state index contributed by atoms with van der Waals surface area (Å²) in [5.74, 6) is 0.109. The van der Waals surface area contributed by atoms with Gasteiger partial charge in [0.2, 0.25) is 0 Å². The van der Waals surface area contributed by atoms with Crippen molar-refractivity contribution in [3.8, 4) is 5.75 Å². The van der Waals surface area contributed by atoms with Gasteiger partial charge in [-0.2, -0.15) is 0 Å². The summed E-state index contributed by atoms with van der Waals surface area (Å²) in [6, 6.07) is 5.30. The number of hydrogen-bond acceptors (Lipinski definition) is 2. The molecule has 1 N–H and O–H groups in total. The van der Waals surface area contributed by atoms with Crippen LogP contribution in [0.3, 0.4) is 0 Å². The quantitative estimate of drug-likeness (QED) is 0.789. The first-order valence-electron chi connectivity index (χ1n) is 5.73. The molecule has 0 unspecified atom stereocenters. The SMILES string of the molecule is CCCC(=O)c1cc(C(C)(C)C)ccc1O. The van der Waals surface area contributed by atoms with E-state index in [9.17, 15) is 9.90 Å². The Balaban J connectivity index is 3.14. The van der Waals surface area contributed by atoms with E-state index in [0.717, 1.165) is 12.0 Å². The number of hydrogen-bond donors (Lipinski definition) is 1. The van der Waals surface area contributed by atoms with Gasteiger partial charge in [0.25, 0.3) is 0 Å². The monoisotopic (exact) mass is 220 g/mol. The van der Waals surface area contributed by atoms with Gasteiger partial charge in [0, 0.05) is 6.42 Å². The zero-order valence-electron chi connectivity index (χ0n) is 10.5. The van der Waals surface area contributed by atoms with Crippen LogP contribution in [0, 0.1) is 0 Å². The number of rotatable bonds is 3. The van der Waals surface area contributed by atoms with Crippen LogP contribution in [0.5, 0.6) is 5.75 Å². The lowest BCUT2D eigenvalue weighted by molar-refractivity contribution is 0.0979. The number of ketones is 1. The fourth-order valence-corrected chi connectivity index (χ4v) is 1.59. The van der Waals surface area contributed by atoms with E-state index in [1.165, 1.54) is 0 Å². The van der Waals surface area contributed by atoms with Crippen LogP contribution < -0.4 is 0 Å². The highest BCUT2D eigenvalue weighted by Gasteiger charge is 2.17. The van der Waals surface area contributed by atoms with Gasteiger partial charge in [0.15, 0.2) is 5.78 Å². The highest BCUT2D eigenvalue weighted by Crippen LogP contribution is 2.28. The maximum Gasteiger partial charge on any atom is 0.166 e. The van der Waals surface area contributed by atoms with E-state index in [4.69, 9.17) is 0 Å². The average Bonchev–Trinajstić information content (AvgIpc) is 2.16. The zero-order chi connectivity index (χ0) is 12.3. The molecule has 0 aliphatic heterocycles. The molecule has 1 rings (SSSR count). The van der Waals surface area contributed by atoms with Crippen LogP contribution in [0.4, 0.5) is 0 Å². The van der Waals surface area contributed by atoms with Gasteiger partial charge >= 0.3 is 0 Å². The Morgan fingerprint density at radius 1 is 1.31 bits per heavy atom. The first kappa shape index (κ1) is 12.8. The van der Waals surface area contributed by atoms with E-state index in [1.54, 1.807) is 6.07 Å². The molecule has 16 heavy (non-hydrogen) atoms. The molecular weight excluding hydrogens is 200 g/mol. The first-order valence-corrected chi connectivity index (χ1v) is 5.73. The number of carbonyl (C=O) groups is 1. The third-order valence-electron chi connectivity index (χ3n) is 2.64. The highest BCUT2D eigenvalue weighted by atomic mass is 16.3. The number of Topliss-reactive ketones (excluding diaryl/α,β-unsaturated/α-hetero) is 1. The Kier molecular flexibility index (Phi) is 3.74. The molecule has 0 radical (unpaired) electrons. The molecule has 0 bridgehead atoms. The Hall–Kier alpha value is -1.31.